The topological polar surface area (TPSA) is 80.3 Å². The summed E-state index contributed by atoms with van der Waals surface area (Å²) in [7, 11) is 1.65. The maximum atomic E-state index is 12.9. The Kier molecular flexibility index (Phi) is 5.06. The van der Waals surface area contributed by atoms with Gasteiger partial charge in [0.1, 0.15) is 11.2 Å². The van der Waals surface area contributed by atoms with E-state index in [-0.39, 0.29) is 11.2 Å². The van der Waals surface area contributed by atoms with Gasteiger partial charge in [0.2, 0.25) is 0 Å². The minimum Gasteiger partial charge on any atom is -0.309 e. The fourth-order valence-electron chi connectivity index (χ4n) is 2.62. The van der Waals surface area contributed by atoms with E-state index in [0.29, 0.717) is 11.5 Å². The molecule has 0 amide bonds. The first kappa shape index (κ1) is 20.1. The van der Waals surface area contributed by atoms with Crippen molar-refractivity contribution in [2.24, 2.45) is 7.05 Å². The highest BCUT2D eigenvalue weighted by atomic mass is 32.2. The highest BCUT2D eigenvalue weighted by molar-refractivity contribution is 7.99. The zero-order valence-electron chi connectivity index (χ0n) is 15.7. The van der Waals surface area contributed by atoms with Crippen LogP contribution in [0.2, 0.25) is 0 Å². The number of nitrogens with zero attached hydrogens (tertiary/aromatic N) is 6. The van der Waals surface area contributed by atoms with E-state index >= 15 is 0 Å². The van der Waals surface area contributed by atoms with Crippen LogP contribution in [0.3, 0.4) is 0 Å². The van der Waals surface area contributed by atoms with Crippen LogP contribution in [0.5, 0.6) is 0 Å². The van der Waals surface area contributed by atoms with E-state index in [0.717, 1.165) is 22.3 Å². The molecule has 0 N–H and O–H groups in total. The molecule has 0 fully saturated rings. The standard InChI is InChI=1S/C18H17F3N6S/c1-5-28-12-6-10(17(2,3)9-22)8-23-14(12)16-24-11-7-13(18(19,20)21)25-26-15(11)27(16)4/h6-8H,5H2,1-4H3. The van der Waals surface area contributed by atoms with Gasteiger partial charge < -0.3 is 4.57 Å². The van der Waals surface area contributed by atoms with Crippen molar-refractivity contribution in [1.29, 1.82) is 5.26 Å². The minimum absolute atomic E-state index is 0.0931. The van der Waals surface area contributed by atoms with E-state index in [1.54, 1.807) is 31.7 Å². The molecule has 0 radical (unpaired) electrons. The van der Waals surface area contributed by atoms with Crippen LogP contribution in [-0.4, -0.2) is 30.5 Å². The molecule has 0 aromatic carbocycles. The van der Waals surface area contributed by atoms with Crippen molar-refractivity contribution in [2.75, 3.05) is 5.75 Å². The van der Waals surface area contributed by atoms with Gasteiger partial charge in [0, 0.05) is 24.2 Å². The second-order valence-corrected chi connectivity index (χ2v) is 7.98. The highest BCUT2D eigenvalue weighted by Crippen LogP contribution is 2.35. The maximum Gasteiger partial charge on any atom is 0.435 e. The van der Waals surface area contributed by atoms with Crippen LogP contribution in [-0.2, 0) is 18.6 Å². The predicted molar refractivity (Wildman–Crippen MR) is 99.6 cm³/mol. The molecule has 0 atom stereocenters. The third-order valence-corrected chi connectivity index (χ3v) is 5.18. The number of hydrogen-bond donors (Lipinski definition) is 0. The molecule has 3 aromatic rings. The summed E-state index contributed by atoms with van der Waals surface area (Å²) in [5, 5.41) is 16.3. The molecule has 0 spiro atoms. The van der Waals surface area contributed by atoms with Crippen molar-refractivity contribution in [3.63, 3.8) is 0 Å². The summed E-state index contributed by atoms with van der Waals surface area (Å²) in [6.45, 7) is 5.58. The monoisotopic (exact) mass is 406 g/mol. The average Bonchev–Trinajstić information content (AvgIpc) is 2.97. The zero-order valence-corrected chi connectivity index (χ0v) is 16.5. The van der Waals surface area contributed by atoms with E-state index in [9.17, 15) is 18.4 Å². The van der Waals surface area contributed by atoms with E-state index in [1.807, 2.05) is 13.0 Å². The molecular formula is C18H17F3N6S. The van der Waals surface area contributed by atoms with E-state index in [1.165, 1.54) is 11.8 Å². The quantitative estimate of drug-likeness (QED) is 0.599. The van der Waals surface area contributed by atoms with Gasteiger partial charge in [0.25, 0.3) is 0 Å². The Morgan fingerprint density at radius 2 is 1.93 bits per heavy atom. The Morgan fingerprint density at radius 1 is 1.21 bits per heavy atom. The summed E-state index contributed by atoms with van der Waals surface area (Å²) in [4.78, 5) is 9.61. The normalized spacial score (nSPS) is 12.4. The van der Waals surface area contributed by atoms with Gasteiger partial charge in [-0.2, -0.15) is 18.4 Å². The summed E-state index contributed by atoms with van der Waals surface area (Å²) in [6, 6.07) is 5.01. The van der Waals surface area contributed by atoms with Gasteiger partial charge in [-0.1, -0.05) is 6.92 Å². The molecule has 0 aliphatic carbocycles. The molecule has 10 heteroatoms. The molecule has 6 nitrogen and oxygen atoms in total. The van der Waals surface area contributed by atoms with Gasteiger partial charge in [-0.25, -0.2) is 4.98 Å². The number of pyridine rings is 1. The molecule has 3 rings (SSSR count). The van der Waals surface area contributed by atoms with Crippen molar-refractivity contribution in [2.45, 2.75) is 37.3 Å². The van der Waals surface area contributed by atoms with Gasteiger partial charge in [-0.3, -0.25) is 4.98 Å². The first-order valence-corrected chi connectivity index (χ1v) is 9.39. The van der Waals surface area contributed by atoms with Gasteiger partial charge >= 0.3 is 6.18 Å². The predicted octanol–water partition coefficient (Wildman–Crippen LogP) is 4.36. The van der Waals surface area contributed by atoms with Crippen LogP contribution in [0, 0.1) is 11.3 Å². The van der Waals surface area contributed by atoms with Crippen LogP contribution >= 0.6 is 11.8 Å². The van der Waals surface area contributed by atoms with Gasteiger partial charge in [-0.05, 0) is 31.2 Å². The second-order valence-electron chi connectivity index (χ2n) is 6.67. The molecule has 0 bridgehead atoms. The van der Waals surface area contributed by atoms with Gasteiger partial charge in [0.05, 0.1) is 11.5 Å². The summed E-state index contributed by atoms with van der Waals surface area (Å²) in [5.41, 5.74) is -0.194. The number of hydrogen-bond acceptors (Lipinski definition) is 6. The molecule has 3 heterocycles. The number of nitriles is 1. The number of aryl methyl sites for hydroxylation is 1. The van der Waals surface area contributed by atoms with Crippen LogP contribution in [0.4, 0.5) is 13.2 Å². The first-order chi connectivity index (χ1) is 13.1. The molecule has 146 valence electrons. The summed E-state index contributed by atoms with van der Waals surface area (Å²) in [6.07, 6.45) is -2.99. The molecule has 0 aliphatic heterocycles. The number of imidazole rings is 1. The van der Waals surface area contributed by atoms with Crippen molar-refractivity contribution >= 4 is 22.9 Å². The third-order valence-electron chi connectivity index (χ3n) is 4.27. The third kappa shape index (κ3) is 3.54. The zero-order chi connectivity index (χ0) is 20.7. The Morgan fingerprint density at radius 3 is 2.54 bits per heavy atom. The Hall–Kier alpha value is -2.67. The Balaban J connectivity index is 2.18. The van der Waals surface area contributed by atoms with Gasteiger partial charge in [0.15, 0.2) is 17.2 Å². The van der Waals surface area contributed by atoms with Crippen molar-refractivity contribution in [1.82, 2.24) is 24.7 Å². The number of fused-ring (bicyclic) bond motifs is 1. The summed E-state index contributed by atoms with van der Waals surface area (Å²) in [5.74, 6) is 1.15. The molecule has 28 heavy (non-hydrogen) atoms. The SMILES string of the molecule is CCSc1cc(C(C)(C)C#N)cnc1-c1nc2cc(C(F)(F)F)nnc2n1C. The van der Waals surface area contributed by atoms with E-state index < -0.39 is 17.3 Å². The number of thioether (sulfide) groups is 1. The van der Waals surface area contributed by atoms with E-state index in [4.69, 9.17) is 0 Å². The molecule has 3 aromatic heterocycles. The van der Waals surface area contributed by atoms with Crippen LogP contribution in [0.25, 0.3) is 22.7 Å². The summed E-state index contributed by atoms with van der Waals surface area (Å²) < 4.78 is 40.3. The maximum absolute atomic E-state index is 12.9. The Bertz CT molecular complexity index is 1080. The molecule has 0 saturated carbocycles. The average molecular weight is 406 g/mol. The smallest absolute Gasteiger partial charge is 0.309 e. The van der Waals surface area contributed by atoms with Crippen LogP contribution < -0.4 is 0 Å². The number of rotatable bonds is 4. The fraction of sp³-hybridized carbons (Fsp3) is 0.389. The molecule has 0 aliphatic rings. The molecular weight excluding hydrogens is 389 g/mol. The lowest BCUT2D eigenvalue weighted by molar-refractivity contribution is -0.141. The Labute approximate surface area is 163 Å². The minimum atomic E-state index is -4.59. The lowest BCUT2D eigenvalue weighted by Gasteiger charge is -2.17. The van der Waals surface area contributed by atoms with Crippen molar-refractivity contribution in [3.05, 3.63) is 29.6 Å². The van der Waals surface area contributed by atoms with Crippen molar-refractivity contribution in [3.8, 4) is 17.6 Å². The molecule has 0 unspecified atom stereocenters. The second kappa shape index (κ2) is 7.05. The van der Waals surface area contributed by atoms with E-state index in [2.05, 4.69) is 26.2 Å². The number of alkyl halides is 3. The number of halogens is 3. The van der Waals surface area contributed by atoms with Crippen LogP contribution in [0.15, 0.2) is 23.2 Å². The van der Waals surface area contributed by atoms with Crippen LogP contribution in [0.1, 0.15) is 32.0 Å². The molecule has 0 saturated heterocycles. The lowest BCUT2D eigenvalue weighted by Crippen LogP contribution is -2.14. The summed E-state index contributed by atoms with van der Waals surface area (Å²) >= 11 is 1.52. The lowest BCUT2D eigenvalue weighted by atomic mass is 9.87. The van der Waals surface area contributed by atoms with Crippen molar-refractivity contribution < 1.29 is 13.2 Å². The number of aromatic nitrogens is 5. The first-order valence-electron chi connectivity index (χ1n) is 8.40. The fourth-order valence-corrected chi connectivity index (χ4v) is 3.42. The highest BCUT2D eigenvalue weighted by Gasteiger charge is 2.34. The largest absolute Gasteiger partial charge is 0.435 e. The van der Waals surface area contributed by atoms with Gasteiger partial charge in [-0.15, -0.1) is 22.0 Å².